The van der Waals surface area contributed by atoms with Crippen molar-refractivity contribution in [2.75, 3.05) is 11.1 Å². The van der Waals surface area contributed by atoms with Crippen molar-refractivity contribution in [1.29, 1.82) is 0 Å². The summed E-state index contributed by atoms with van der Waals surface area (Å²) < 4.78 is 64.9. The van der Waals surface area contributed by atoms with Crippen LogP contribution >= 0.6 is 11.6 Å². The van der Waals surface area contributed by atoms with Gasteiger partial charge in [-0.05, 0) is 62.1 Å². The van der Waals surface area contributed by atoms with Gasteiger partial charge in [0.05, 0.1) is 10.4 Å². The Balaban J connectivity index is 1.39. The maximum absolute atomic E-state index is 13.4. The van der Waals surface area contributed by atoms with Gasteiger partial charge in [0.15, 0.2) is 9.84 Å². The van der Waals surface area contributed by atoms with Gasteiger partial charge in [-0.25, -0.2) is 13.4 Å². The Morgan fingerprint density at radius 3 is 2.31 bits per heavy atom. The maximum Gasteiger partial charge on any atom is 0.433 e. The van der Waals surface area contributed by atoms with Crippen LogP contribution in [0.15, 0.2) is 59.5 Å². The predicted octanol–water partition coefficient (Wildman–Crippen LogP) is 5.22. The molecule has 3 aromatic rings. The Morgan fingerprint density at radius 2 is 1.66 bits per heavy atom. The highest BCUT2D eigenvalue weighted by Gasteiger charge is 2.34. The fourth-order valence-electron chi connectivity index (χ4n) is 4.22. The number of alkyl halides is 3. The van der Waals surface area contributed by atoms with Crippen molar-refractivity contribution >= 4 is 43.9 Å². The van der Waals surface area contributed by atoms with Crippen molar-refractivity contribution in [3.8, 4) is 0 Å². The number of hydrogen-bond acceptors (Lipinski definition) is 5. The number of rotatable bonds is 6. The van der Waals surface area contributed by atoms with E-state index in [0.717, 1.165) is 6.07 Å². The van der Waals surface area contributed by atoms with Crippen LogP contribution in [0.1, 0.15) is 31.4 Å². The van der Waals surface area contributed by atoms with E-state index >= 15 is 0 Å². The third-order valence-corrected chi connectivity index (χ3v) is 7.80. The molecule has 1 saturated carbocycles. The van der Waals surface area contributed by atoms with Crippen molar-refractivity contribution in [1.82, 2.24) is 10.3 Å². The summed E-state index contributed by atoms with van der Waals surface area (Å²) in [6.45, 7) is 0. The Bertz CT molecular complexity index is 1330. The van der Waals surface area contributed by atoms with Crippen molar-refractivity contribution in [2.45, 2.75) is 48.8 Å². The molecule has 4 rings (SSSR count). The minimum atomic E-state index is -4.59. The van der Waals surface area contributed by atoms with E-state index in [1.165, 1.54) is 24.3 Å². The lowest BCUT2D eigenvalue weighted by Crippen LogP contribution is -2.42. The van der Waals surface area contributed by atoms with E-state index in [4.69, 9.17) is 11.6 Å². The van der Waals surface area contributed by atoms with Crippen LogP contribution in [0, 0.1) is 0 Å². The van der Waals surface area contributed by atoms with Gasteiger partial charge in [-0.1, -0.05) is 29.8 Å². The SMILES string of the molecule is O=C(CS(=O)(=O)c1ccccc1)NC1CCC(Nc2cc(C(F)(F)F)nc3ccc(Cl)cc23)CC1. The molecule has 0 radical (unpaired) electrons. The number of hydrogen-bond donors (Lipinski definition) is 2. The molecule has 11 heteroatoms. The summed E-state index contributed by atoms with van der Waals surface area (Å²) in [5.74, 6) is -1.21. The molecule has 1 aliphatic rings. The standard InChI is InChI=1S/C24H23ClF3N3O3S/c25-15-6-11-20-19(12-15)21(13-22(31-20)24(26,27)28)29-16-7-9-17(10-8-16)30-23(32)14-35(33,34)18-4-2-1-3-5-18/h1-6,11-13,16-17H,7-10,14H2,(H,29,31)(H,30,32). The fraction of sp³-hybridized carbons (Fsp3) is 0.333. The molecule has 1 amide bonds. The number of benzene rings is 2. The van der Waals surface area contributed by atoms with E-state index in [0.29, 0.717) is 41.8 Å². The molecular formula is C24H23ClF3N3O3S. The summed E-state index contributed by atoms with van der Waals surface area (Å²) in [5.41, 5.74) is -0.506. The van der Waals surface area contributed by atoms with Gasteiger partial charge < -0.3 is 10.6 Å². The Hall–Kier alpha value is -2.85. The molecule has 0 unspecified atom stereocenters. The number of nitrogens with zero attached hydrogens (tertiary/aromatic N) is 1. The Kier molecular flexibility index (Phi) is 7.23. The zero-order valence-electron chi connectivity index (χ0n) is 18.5. The number of halogens is 4. The van der Waals surface area contributed by atoms with E-state index in [2.05, 4.69) is 15.6 Å². The van der Waals surface area contributed by atoms with Gasteiger partial charge in [0.1, 0.15) is 11.4 Å². The highest BCUT2D eigenvalue weighted by Crippen LogP contribution is 2.35. The number of pyridine rings is 1. The first-order chi connectivity index (χ1) is 16.5. The summed E-state index contributed by atoms with van der Waals surface area (Å²) in [4.78, 5) is 16.2. The smallest absolute Gasteiger partial charge is 0.382 e. The largest absolute Gasteiger partial charge is 0.433 e. The van der Waals surface area contributed by atoms with Gasteiger partial charge in [0, 0.05) is 28.2 Å². The van der Waals surface area contributed by atoms with Crippen LogP contribution in [-0.2, 0) is 20.8 Å². The van der Waals surface area contributed by atoms with Crippen molar-refractivity contribution in [3.63, 3.8) is 0 Å². The molecule has 1 aromatic heterocycles. The molecule has 2 aromatic carbocycles. The topological polar surface area (TPSA) is 88.2 Å². The second-order valence-electron chi connectivity index (χ2n) is 8.55. The van der Waals surface area contributed by atoms with E-state index < -0.39 is 33.4 Å². The lowest BCUT2D eigenvalue weighted by atomic mass is 9.91. The molecule has 1 aliphatic carbocycles. The molecule has 6 nitrogen and oxygen atoms in total. The van der Waals surface area contributed by atoms with E-state index in [1.54, 1.807) is 24.3 Å². The first-order valence-electron chi connectivity index (χ1n) is 11.0. The summed E-state index contributed by atoms with van der Waals surface area (Å²) >= 11 is 6.05. The number of nitrogens with one attached hydrogen (secondary N) is 2. The normalized spacial score (nSPS) is 18.9. The molecule has 0 bridgehead atoms. The minimum absolute atomic E-state index is 0.0889. The van der Waals surface area contributed by atoms with Crippen LogP contribution < -0.4 is 10.6 Å². The molecule has 1 heterocycles. The Morgan fingerprint density at radius 1 is 1.00 bits per heavy atom. The van der Waals surface area contributed by atoms with Crippen molar-refractivity contribution < 1.29 is 26.4 Å². The van der Waals surface area contributed by atoms with Gasteiger partial charge in [-0.3, -0.25) is 4.79 Å². The van der Waals surface area contributed by atoms with Crippen LogP contribution in [0.3, 0.4) is 0 Å². The molecule has 0 atom stereocenters. The third-order valence-electron chi connectivity index (χ3n) is 5.94. The summed E-state index contributed by atoms with van der Waals surface area (Å²) in [6, 6.07) is 12.9. The van der Waals surface area contributed by atoms with Crippen LogP contribution in [0.4, 0.5) is 18.9 Å². The number of fused-ring (bicyclic) bond motifs is 1. The number of aromatic nitrogens is 1. The van der Waals surface area contributed by atoms with Crippen molar-refractivity contribution in [2.24, 2.45) is 0 Å². The molecule has 2 N–H and O–H groups in total. The maximum atomic E-state index is 13.4. The molecule has 1 fully saturated rings. The van der Waals surface area contributed by atoms with Gasteiger partial charge in [-0.15, -0.1) is 0 Å². The monoisotopic (exact) mass is 525 g/mol. The number of carbonyl (C=O) groups excluding carboxylic acids is 1. The quantitative estimate of drug-likeness (QED) is 0.460. The van der Waals surface area contributed by atoms with Gasteiger partial charge >= 0.3 is 6.18 Å². The molecule has 0 aliphatic heterocycles. The van der Waals surface area contributed by atoms with E-state index in [-0.39, 0.29) is 22.5 Å². The average Bonchev–Trinajstić information content (AvgIpc) is 2.80. The van der Waals surface area contributed by atoms with Gasteiger partial charge in [-0.2, -0.15) is 13.2 Å². The highest BCUT2D eigenvalue weighted by atomic mass is 35.5. The molecule has 0 saturated heterocycles. The predicted molar refractivity (Wildman–Crippen MR) is 128 cm³/mol. The van der Waals surface area contributed by atoms with Gasteiger partial charge in [0.25, 0.3) is 0 Å². The zero-order chi connectivity index (χ0) is 25.2. The van der Waals surface area contributed by atoms with E-state index in [9.17, 15) is 26.4 Å². The number of anilines is 1. The zero-order valence-corrected chi connectivity index (χ0v) is 20.1. The van der Waals surface area contributed by atoms with E-state index in [1.807, 2.05) is 0 Å². The lowest BCUT2D eigenvalue weighted by molar-refractivity contribution is -0.140. The first kappa shape index (κ1) is 25.2. The van der Waals surface area contributed by atoms with Crippen LogP contribution in [0.5, 0.6) is 0 Å². The molecular weight excluding hydrogens is 503 g/mol. The number of amides is 1. The molecule has 0 spiro atoms. The van der Waals surface area contributed by atoms with Crippen LogP contribution in [0.25, 0.3) is 10.9 Å². The number of sulfone groups is 1. The summed E-state index contributed by atoms with van der Waals surface area (Å²) in [7, 11) is -3.74. The highest BCUT2D eigenvalue weighted by molar-refractivity contribution is 7.92. The summed E-state index contributed by atoms with van der Waals surface area (Å²) in [5, 5.41) is 6.84. The number of carbonyl (C=O) groups is 1. The second-order valence-corrected chi connectivity index (χ2v) is 11.0. The first-order valence-corrected chi connectivity index (χ1v) is 13.1. The Labute approximate surface area is 205 Å². The average molecular weight is 526 g/mol. The second kappa shape index (κ2) is 10.0. The third kappa shape index (κ3) is 6.24. The van der Waals surface area contributed by atoms with Gasteiger partial charge in [0.2, 0.25) is 5.91 Å². The molecule has 186 valence electrons. The summed E-state index contributed by atoms with van der Waals surface area (Å²) in [6.07, 6.45) is -2.30. The lowest BCUT2D eigenvalue weighted by Gasteiger charge is -2.30. The van der Waals surface area contributed by atoms with Crippen LogP contribution in [0.2, 0.25) is 5.02 Å². The van der Waals surface area contributed by atoms with Crippen LogP contribution in [-0.4, -0.2) is 37.1 Å². The minimum Gasteiger partial charge on any atom is -0.382 e. The fourth-order valence-corrected chi connectivity index (χ4v) is 5.56. The van der Waals surface area contributed by atoms with Crippen molar-refractivity contribution in [3.05, 3.63) is 65.3 Å². The molecule has 35 heavy (non-hydrogen) atoms.